The van der Waals surface area contributed by atoms with Crippen LogP contribution < -0.4 is 0 Å². The van der Waals surface area contributed by atoms with Gasteiger partial charge >= 0.3 is 6.18 Å². The molecular formula is C28H27F3N4O3. The van der Waals surface area contributed by atoms with E-state index in [4.69, 9.17) is 9.26 Å². The lowest BCUT2D eigenvalue weighted by molar-refractivity contribution is -0.137. The number of hydrogen-bond donors (Lipinski definition) is 0. The second kappa shape index (κ2) is 9.58. The van der Waals surface area contributed by atoms with Gasteiger partial charge in [-0.25, -0.2) is 4.98 Å². The Labute approximate surface area is 217 Å². The van der Waals surface area contributed by atoms with Gasteiger partial charge in [-0.2, -0.15) is 13.2 Å². The van der Waals surface area contributed by atoms with Crippen LogP contribution in [0, 0.1) is 6.92 Å². The number of amides is 1. The van der Waals surface area contributed by atoms with Gasteiger partial charge in [0.15, 0.2) is 0 Å². The lowest BCUT2D eigenvalue weighted by Gasteiger charge is -2.34. The second-order valence-corrected chi connectivity index (χ2v) is 9.89. The summed E-state index contributed by atoms with van der Waals surface area (Å²) in [6, 6.07) is 13.2. The predicted molar refractivity (Wildman–Crippen MR) is 134 cm³/mol. The maximum absolute atomic E-state index is 13.6. The minimum atomic E-state index is -4.44. The number of halogens is 3. The Morgan fingerprint density at radius 3 is 2.50 bits per heavy atom. The average Bonchev–Trinajstić information content (AvgIpc) is 3.66. The third-order valence-electron chi connectivity index (χ3n) is 7.50. The van der Waals surface area contributed by atoms with E-state index in [1.807, 2.05) is 34.9 Å². The number of ether oxygens (including phenoxy) is 1. The van der Waals surface area contributed by atoms with Gasteiger partial charge in [-0.05, 0) is 50.8 Å². The molecule has 1 unspecified atom stereocenters. The van der Waals surface area contributed by atoms with Crippen LogP contribution in [0.3, 0.4) is 0 Å². The van der Waals surface area contributed by atoms with Crippen LogP contribution in [0.25, 0.3) is 22.3 Å². The van der Waals surface area contributed by atoms with Crippen LogP contribution in [0.5, 0.6) is 0 Å². The molecule has 2 aliphatic rings. The molecule has 10 heteroatoms. The van der Waals surface area contributed by atoms with Crippen molar-refractivity contribution in [2.24, 2.45) is 0 Å². The van der Waals surface area contributed by atoms with Gasteiger partial charge in [0, 0.05) is 31.3 Å². The summed E-state index contributed by atoms with van der Waals surface area (Å²) in [5.74, 6) is 1.01. The van der Waals surface area contributed by atoms with Crippen LogP contribution in [-0.4, -0.2) is 45.2 Å². The van der Waals surface area contributed by atoms with Gasteiger partial charge in [0.2, 0.25) is 0 Å². The van der Waals surface area contributed by atoms with Gasteiger partial charge in [-0.1, -0.05) is 35.5 Å². The van der Waals surface area contributed by atoms with Crippen molar-refractivity contribution in [2.45, 2.75) is 50.9 Å². The molecule has 2 aromatic heterocycles. The normalized spacial score (nSPS) is 18.9. The number of carbonyl (C=O) groups is 1. The summed E-state index contributed by atoms with van der Waals surface area (Å²) in [6.07, 6.45) is -1.74. The zero-order chi connectivity index (χ0) is 26.4. The number of aryl methyl sites for hydroxylation is 1. The molecule has 6 rings (SSSR count). The number of imidazole rings is 1. The maximum atomic E-state index is 13.6. The number of rotatable bonds is 4. The third kappa shape index (κ3) is 4.36. The molecule has 4 aromatic rings. The summed E-state index contributed by atoms with van der Waals surface area (Å²) >= 11 is 0. The molecule has 38 heavy (non-hydrogen) atoms. The molecule has 0 radical (unpaired) electrons. The van der Waals surface area contributed by atoms with Gasteiger partial charge in [0.1, 0.15) is 28.9 Å². The fourth-order valence-corrected chi connectivity index (χ4v) is 5.59. The van der Waals surface area contributed by atoms with Crippen LogP contribution in [0.4, 0.5) is 13.2 Å². The molecule has 0 aliphatic carbocycles. The maximum Gasteiger partial charge on any atom is 0.416 e. The van der Waals surface area contributed by atoms with Crippen LogP contribution in [-0.2, 0) is 10.9 Å². The molecule has 0 bridgehead atoms. The van der Waals surface area contributed by atoms with Crippen molar-refractivity contribution in [3.8, 4) is 11.3 Å². The van der Waals surface area contributed by atoms with Gasteiger partial charge in [0.05, 0.1) is 16.6 Å². The first-order valence-electron chi connectivity index (χ1n) is 12.8. The SMILES string of the molecule is Cc1onc(-c2ccccc2)c1C(=O)N1CCC(n2c(C3CCCO3)nc3cc(C(F)(F)F)ccc32)CC1. The molecule has 2 saturated heterocycles. The van der Waals surface area contributed by atoms with Gasteiger partial charge < -0.3 is 18.7 Å². The fourth-order valence-electron chi connectivity index (χ4n) is 5.59. The summed E-state index contributed by atoms with van der Waals surface area (Å²) in [7, 11) is 0. The zero-order valence-corrected chi connectivity index (χ0v) is 20.9. The average molecular weight is 525 g/mol. The lowest BCUT2D eigenvalue weighted by atomic mass is 10.0. The molecule has 2 aliphatic heterocycles. The Bertz CT molecular complexity index is 1460. The number of alkyl halides is 3. The van der Waals surface area contributed by atoms with E-state index in [-0.39, 0.29) is 18.1 Å². The lowest BCUT2D eigenvalue weighted by Crippen LogP contribution is -2.39. The van der Waals surface area contributed by atoms with E-state index in [9.17, 15) is 18.0 Å². The van der Waals surface area contributed by atoms with Gasteiger partial charge in [-0.3, -0.25) is 4.79 Å². The summed E-state index contributed by atoms with van der Waals surface area (Å²) < 4.78 is 53.4. The van der Waals surface area contributed by atoms with E-state index in [1.54, 1.807) is 11.8 Å². The Morgan fingerprint density at radius 2 is 1.82 bits per heavy atom. The van der Waals surface area contributed by atoms with Gasteiger partial charge in [-0.15, -0.1) is 0 Å². The Hall–Kier alpha value is -3.66. The summed E-state index contributed by atoms with van der Waals surface area (Å²) in [6.45, 7) is 3.33. The number of hydrogen-bond acceptors (Lipinski definition) is 5. The van der Waals surface area contributed by atoms with E-state index in [2.05, 4.69) is 10.1 Å². The quantitative estimate of drug-likeness (QED) is 0.311. The van der Waals surface area contributed by atoms with Crippen LogP contribution in [0.15, 0.2) is 53.1 Å². The Balaban J connectivity index is 1.27. The zero-order valence-electron chi connectivity index (χ0n) is 20.9. The molecule has 1 atom stereocenters. The largest absolute Gasteiger partial charge is 0.416 e. The molecule has 2 aromatic carbocycles. The Morgan fingerprint density at radius 1 is 1.05 bits per heavy atom. The number of piperidine rings is 1. The molecule has 0 N–H and O–H groups in total. The molecule has 4 heterocycles. The number of fused-ring (bicyclic) bond motifs is 1. The van der Waals surface area contributed by atoms with Crippen molar-refractivity contribution < 1.29 is 27.2 Å². The number of likely N-dealkylation sites (tertiary alicyclic amines) is 1. The highest BCUT2D eigenvalue weighted by Gasteiger charge is 2.35. The molecule has 7 nitrogen and oxygen atoms in total. The standard InChI is InChI=1S/C28H27F3N4O3/c1-17-24(25(33-38-17)18-6-3-2-4-7-18)27(36)34-13-11-20(12-14-34)35-22-10-9-19(28(29,30)31)16-21(22)32-26(35)23-8-5-15-37-23/h2-4,6-7,9-10,16,20,23H,5,8,11-15H2,1H3. The van der Waals surface area contributed by atoms with E-state index < -0.39 is 11.7 Å². The summed E-state index contributed by atoms with van der Waals surface area (Å²) in [4.78, 5) is 20.0. The highest BCUT2D eigenvalue weighted by atomic mass is 19.4. The first kappa shape index (κ1) is 24.7. The second-order valence-electron chi connectivity index (χ2n) is 9.89. The van der Waals surface area contributed by atoms with Crippen molar-refractivity contribution in [3.05, 3.63) is 71.2 Å². The smallest absolute Gasteiger partial charge is 0.370 e. The summed E-state index contributed by atoms with van der Waals surface area (Å²) in [5.41, 5.74) is 2.06. The molecule has 1 amide bonds. The van der Waals surface area contributed by atoms with E-state index in [0.29, 0.717) is 66.4 Å². The first-order chi connectivity index (χ1) is 18.3. The van der Waals surface area contributed by atoms with Crippen LogP contribution in [0.1, 0.15) is 65.3 Å². The van der Waals surface area contributed by atoms with E-state index in [1.165, 1.54) is 6.07 Å². The van der Waals surface area contributed by atoms with Crippen molar-refractivity contribution in [1.82, 2.24) is 19.6 Å². The summed E-state index contributed by atoms with van der Waals surface area (Å²) in [5, 5.41) is 4.14. The van der Waals surface area contributed by atoms with Crippen molar-refractivity contribution in [1.29, 1.82) is 0 Å². The first-order valence-corrected chi connectivity index (χ1v) is 12.8. The van der Waals surface area contributed by atoms with Gasteiger partial charge in [0.25, 0.3) is 5.91 Å². The molecule has 198 valence electrons. The minimum Gasteiger partial charge on any atom is -0.370 e. The fraction of sp³-hybridized carbons (Fsp3) is 0.393. The number of nitrogens with zero attached hydrogens (tertiary/aromatic N) is 4. The van der Waals surface area contributed by atoms with Crippen molar-refractivity contribution in [3.63, 3.8) is 0 Å². The highest BCUT2D eigenvalue weighted by Crippen LogP contribution is 2.38. The monoisotopic (exact) mass is 524 g/mol. The molecule has 0 spiro atoms. The van der Waals surface area contributed by atoms with Crippen LogP contribution >= 0.6 is 0 Å². The van der Waals surface area contributed by atoms with Crippen LogP contribution in [0.2, 0.25) is 0 Å². The molecule has 2 fully saturated rings. The number of carbonyl (C=O) groups excluding carboxylic acids is 1. The number of benzene rings is 2. The Kier molecular flexibility index (Phi) is 6.22. The topological polar surface area (TPSA) is 73.4 Å². The minimum absolute atomic E-state index is 0.0165. The van der Waals surface area contributed by atoms with E-state index in [0.717, 1.165) is 30.5 Å². The van der Waals surface area contributed by atoms with Crippen molar-refractivity contribution >= 4 is 16.9 Å². The predicted octanol–water partition coefficient (Wildman–Crippen LogP) is 6.35. The number of aromatic nitrogens is 3. The van der Waals surface area contributed by atoms with Crippen molar-refractivity contribution in [2.75, 3.05) is 19.7 Å². The molecular weight excluding hydrogens is 497 g/mol. The molecule has 0 saturated carbocycles. The van der Waals surface area contributed by atoms with E-state index >= 15 is 0 Å². The third-order valence-corrected chi connectivity index (χ3v) is 7.50. The highest BCUT2D eigenvalue weighted by molar-refractivity contribution is 6.00.